The molecule has 8 nitrogen and oxygen atoms in total. The predicted molar refractivity (Wildman–Crippen MR) is 149 cm³/mol. The van der Waals surface area contributed by atoms with Crippen molar-refractivity contribution in [1.29, 1.82) is 0 Å². The van der Waals surface area contributed by atoms with Crippen molar-refractivity contribution in [3.8, 4) is 11.3 Å². The van der Waals surface area contributed by atoms with Crippen LogP contribution in [0.2, 0.25) is 10.0 Å². The number of carbonyl (C=O) groups is 2. The van der Waals surface area contributed by atoms with Crippen molar-refractivity contribution in [2.45, 2.75) is 25.2 Å². The maximum absolute atomic E-state index is 12.6. The topological polar surface area (TPSA) is 102 Å². The molecule has 12 heteroatoms. The second-order valence-electron chi connectivity index (χ2n) is 7.85. The third-order valence-corrected chi connectivity index (χ3v) is 7.59. The van der Waals surface area contributed by atoms with E-state index in [4.69, 9.17) is 23.2 Å². The van der Waals surface area contributed by atoms with Crippen LogP contribution in [0.3, 0.4) is 0 Å². The molecule has 190 valence electrons. The van der Waals surface area contributed by atoms with Gasteiger partial charge in [0.2, 0.25) is 5.91 Å². The van der Waals surface area contributed by atoms with E-state index < -0.39 is 0 Å². The van der Waals surface area contributed by atoms with Gasteiger partial charge >= 0.3 is 0 Å². The van der Waals surface area contributed by atoms with Crippen LogP contribution < -0.4 is 10.6 Å². The fourth-order valence-corrected chi connectivity index (χ4v) is 5.04. The van der Waals surface area contributed by atoms with Gasteiger partial charge in [0.05, 0.1) is 28.0 Å². The summed E-state index contributed by atoms with van der Waals surface area (Å²) in [4.78, 5) is 29.6. The van der Waals surface area contributed by atoms with Crippen molar-refractivity contribution < 1.29 is 9.59 Å². The first-order chi connectivity index (χ1) is 17.8. The lowest BCUT2D eigenvalue weighted by Crippen LogP contribution is -2.25. The molecule has 2 aromatic carbocycles. The fourth-order valence-electron chi connectivity index (χ4n) is 3.24. The normalized spacial score (nSPS) is 10.8. The molecule has 0 saturated heterocycles. The van der Waals surface area contributed by atoms with Crippen LogP contribution in [-0.2, 0) is 17.9 Å². The van der Waals surface area contributed by atoms with E-state index in [0.717, 1.165) is 11.3 Å². The molecule has 0 aliphatic rings. The second kappa shape index (κ2) is 12.4. The standard InChI is InChI=1S/C25H22Cl2N6O2S2/c1-3-10-33-21(12-28-23(35)17-8-9-18(26)19(27)11-17)31-32-25(33)37-14-22(34)30-24-29-20(13-36-24)16-6-4-15(2)5-7-16/h3-9,11,13H,1,10,12,14H2,2H3,(H,28,35)(H,29,30,34). The summed E-state index contributed by atoms with van der Waals surface area (Å²) in [6.07, 6.45) is 1.69. The van der Waals surface area contributed by atoms with Gasteiger partial charge < -0.3 is 15.2 Å². The van der Waals surface area contributed by atoms with Gasteiger partial charge in [-0.2, -0.15) is 0 Å². The summed E-state index contributed by atoms with van der Waals surface area (Å²) in [5.74, 6) is 0.106. The zero-order chi connectivity index (χ0) is 26.4. The summed E-state index contributed by atoms with van der Waals surface area (Å²) < 4.78 is 1.79. The van der Waals surface area contributed by atoms with Crippen LogP contribution in [0.5, 0.6) is 0 Å². The molecule has 0 fully saturated rings. The van der Waals surface area contributed by atoms with E-state index in [2.05, 4.69) is 32.4 Å². The highest BCUT2D eigenvalue weighted by Crippen LogP contribution is 2.26. The molecule has 4 aromatic rings. The summed E-state index contributed by atoms with van der Waals surface area (Å²) in [6.45, 7) is 6.35. The number of nitrogens with one attached hydrogen (secondary N) is 2. The number of halogens is 2. The summed E-state index contributed by atoms with van der Waals surface area (Å²) in [7, 11) is 0. The number of nitrogens with zero attached hydrogens (tertiary/aromatic N) is 4. The van der Waals surface area contributed by atoms with E-state index >= 15 is 0 Å². The lowest BCUT2D eigenvalue weighted by atomic mass is 10.1. The van der Waals surface area contributed by atoms with E-state index in [9.17, 15) is 9.59 Å². The Morgan fingerprint density at radius 3 is 2.65 bits per heavy atom. The van der Waals surface area contributed by atoms with E-state index in [-0.39, 0.29) is 24.1 Å². The first-order valence-electron chi connectivity index (χ1n) is 11.1. The average Bonchev–Trinajstić information content (AvgIpc) is 3.50. The summed E-state index contributed by atoms with van der Waals surface area (Å²) in [6, 6.07) is 12.7. The van der Waals surface area contributed by atoms with E-state index in [1.807, 2.05) is 36.6 Å². The molecule has 0 radical (unpaired) electrons. The van der Waals surface area contributed by atoms with Gasteiger partial charge in [-0.15, -0.1) is 28.1 Å². The molecule has 0 atom stereocenters. The van der Waals surface area contributed by atoms with E-state index in [1.165, 1.54) is 34.7 Å². The number of aryl methyl sites for hydroxylation is 1. The van der Waals surface area contributed by atoms with Crippen LogP contribution in [0, 0.1) is 6.92 Å². The molecule has 0 unspecified atom stereocenters. The van der Waals surface area contributed by atoms with Gasteiger partial charge in [-0.1, -0.05) is 70.9 Å². The monoisotopic (exact) mass is 572 g/mol. The Morgan fingerprint density at radius 1 is 1.14 bits per heavy atom. The van der Waals surface area contributed by atoms with Crippen LogP contribution in [0.15, 0.2) is 65.7 Å². The molecule has 0 aliphatic carbocycles. The minimum Gasteiger partial charge on any atom is -0.345 e. The molecular weight excluding hydrogens is 551 g/mol. The third-order valence-electron chi connectivity index (χ3n) is 5.12. The zero-order valence-corrected chi connectivity index (χ0v) is 22.8. The number of hydrogen-bond donors (Lipinski definition) is 2. The van der Waals surface area contributed by atoms with E-state index in [0.29, 0.717) is 38.3 Å². The summed E-state index contributed by atoms with van der Waals surface area (Å²) in [5.41, 5.74) is 3.35. The van der Waals surface area contributed by atoms with Gasteiger partial charge in [-0.05, 0) is 25.1 Å². The number of benzene rings is 2. The third kappa shape index (κ3) is 6.98. The number of allylic oxidation sites excluding steroid dienone is 1. The molecule has 37 heavy (non-hydrogen) atoms. The minimum atomic E-state index is -0.325. The Hall–Kier alpha value is -3.18. The van der Waals surface area contributed by atoms with Gasteiger partial charge in [0.1, 0.15) is 0 Å². The molecule has 0 saturated carbocycles. The van der Waals surface area contributed by atoms with Crippen molar-refractivity contribution >= 4 is 63.2 Å². The number of rotatable bonds is 10. The molecule has 0 spiro atoms. The Balaban J connectivity index is 1.34. The molecule has 2 amide bonds. The highest BCUT2D eigenvalue weighted by molar-refractivity contribution is 7.99. The molecule has 4 rings (SSSR count). The van der Waals surface area contributed by atoms with Crippen molar-refractivity contribution in [2.24, 2.45) is 0 Å². The molecule has 2 heterocycles. The number of aromatic nitrogens is 4. The Bertz CT molecular complexity index is 1440. The van der Waals surface area contributed by atoms with Crippen molar-refractivity contribution in [3.05, 3.63) is 87.5 Å². The number of amides is 2. The van der Waals surface area contributed by atoms with Gasteiger partial charge in [0.15, 0.2) is 16.1 Å². The van der Waals surface area contributed by atoms with Gasteiger partial charge in [0, 0.05) is 23.1 Å². The quantitative estimate of drug-likeness (QED) is 0.182. The fraction of sp³-hybridized carbons (Fsp3) is 0.160. The minimum absolute atomic E-state index is 0.115. The van der Waals surface area contributed by atoms with Crippen LogP contribution in [0.25, 0.3) is 11.3 Å². The van der Waals surface area contributed by atoms with Crippen LogP contribution >= 0.6 is 46.3 Å². The van der Waals surface area contributed by atoms with E-state index in [1.54, 1.807) is 22.8 Å². The van der Waals surface area contributed by atoms with Crippen LogP contribution in [-0.4, -0.2) is 37.3 Å². The Labute approximate surface area is 232 Å². The molecule has 2 N–H and O–H groups in total. The molecule has 2 aromatic heterocycles. The predicted octanol–water partition coefficient (Wildman–Crippen LogP) is 5.86. The molecular formula is C25H22Cl2N6O2S2. The smallest absolute Gasteiger partial charge is 0.251 e. The highest BCUT2D eigenvalue weighted by atomic mass is 35.5. The van der Waals surface area contributed by atoms with Crippen molar-refractivity contribution in [1.82, 2.24) is 25.1 Å². The van der Waals surface area contributed by atoms with Crippen LogP contribution in [0.4, 0.5) is 5.13 Å². The number of carbonyl (C=O) groups excluding carboxylic acids is 2. The number of thiazole rings is 1. The number of anilines is 1. The Kier molecular flexibility index (Phi) is 8.99. The highest BCUT2D eigenvalue weighted by Gasteiger charge is 2.16. The average molecular weight is 574 g/mol. The van der Waals surface area contributed by atoms with Crippen LogP contribution in [0.1, 0.15) is 21.7 Å². The van der Waals surface area contributed by atoms with Gasteiger partial charge in [-0.25, -0.2) is 4.98 Å². The number of thioether (sulfide) groups is 1. The molecule has 0 bridgehead atoms. The first-order valence-corrected chi connectivity index (χ1v) is 13.7. The number of hydrogen-bond acceptors (Lipinski definition) is 7. The lowest BCUT2D eigenvalue weighted by Gasteiger charge is -2.09. The largest absolute Gasteiger partial charge is 0.345 e. The maximum atomic E-state index is 12.6. The summed E-state index contributed by atoms with van der Waals surface area (Å²) in [5, 5.41) is 17.6. The Morgan fingerprint density at radius 2 is 1.92 bits per heavy atom. The lowest BCUT2D eigenvalue weighted by molar-refractivity contribution is -0.113. The summed E-state index contributed by atoms with van der Waals surface area (Å²) >= 11 is 14.5. The van der Waals surface area contributed by atoms with Crippen molar-refractivity contribution in [2.75, 3.05) is 11.1 Å². The maximum Gasteiger partial charge on any atom is 0.251 e. The molecule has 0 aliphatic heterocycles. The second-order valence-corrected chi connectivity index (χ2v) is 10.5. The van der Waals surface area contributed by atoms with Gasteiger partial charge in [0.25, 0.3) is 5.91 Å². The van der Waals surface area contributed by atoms with Crippen molar-refractivity contribution in [3.63, 3.8) is 0 Å². The van der Waals surface area contributed by atoms with Gasteiger partial charge in [-0.3, -0.25) is 9.59 Å². The first kappa shape index (κ1) is 26.9. The SMILES string of the molecule is C=CCn1c(CNC(=O)c2ccc(Cl)c(Cl)c2)nnc1SCC(=O)Nc1nc(-c2ccc(C)cc2)cs1. The zero-order valence-electron chi connectivity index (χ0n) is 19.7.